The fourth-order valence-electron chi connectivity index (χ4n) is 3.68. The van der Waals surface area contributed by atoms with Crippen molar-refractivity contribution >= 4 is 34.3 Å². The van der Waals surface area contributed by atoms with Gasteiger partial charge in [0.05, 0.1) is 21.8 Å². The molecule has 2 heterocycles. The molecule has 1 aliphatic heterocycles. The summed E-state index contributed by atoms with van der Waals surface area (Å²) in [7, 11) is 0. The van der Waals surface area contributed by atoms with E-state index in [2.05, 4.69) is 5.10 Å². The maximum absolute atomic E-state index is 12.5. The minimum Gasteiger partial charge on any atom is -0.446 e. The molecule has 1 aliphatic rings. The summed E-state index contributed by atoms with van der Waals surface area (Å²) in [6.45, 7) is 1.47. The summed E-state index contributed by atoms with van der Waals surface area (Å²) in [6.07, 6.45) is -0.723. The van der Waals surface area contributed by atoms with Gasteiger partial charge >= 0.3 is 0 Å². The van der Waals surface area contributed by atoms with Gasteiger partial charge in [-0.25, -0.2) is 4.98 Å². The number of hydrogen-bond donors (Lipinski definition) is 0. The van der Waals surface area contributed by atoms with Crippen LogP contribution in [0.25, 0.3) is 22.2 Å². The summed E-state index contributed by atoms with van der Waals surface area (Å²) in [5.41, 5.74) is 4.05. The molecule has 0 saturated carbocycles. The topological polar surface area (TPSA) is 54.8 Å². The number of aromatic nitrogens is 1. The lowest BCUT2D eigenvalue weighted by molar-refractivity contribution is -0.135. The van der Waals surface area contributed by atoms with Crippen LogP contribution in [0, 0.1) is 0 Å². The Kier molecular flexibility index (Phi) is 4.88. The van der Waals surface area contributed by atoms with E-state index >= 15 is 0 Å². The zero-order valence-electron chi connectivity index (χ0n) is 16.7. The molecule has 6 heteroatoms. The predicted molar refractivity (Wildman–Crippen MR) is 122 cm³/mol. The van der Waals surface area contributed by atoms with E-state index < -0.39 is 6.23 Å². The lowest BCUT2D eigenvalue weighted by Crippen LogP contribution is -2.25. The van der Waals surface area contributed by atoms with Gasteiger partial charge in [0.25, 0.3) is 0 Å². The first kappa shape index (κ1) is 19.3. The smallest absolute Gasteiger partial charge is 0.243 e. The third-order valence-electron chi connectivity index (χ3n) is 5.15. The Morgan fingerprint density at radius 1 is 0.968 bits per heavy atom. The SMILES string of the molecule is CC(=O)N1N=C(c2ccccc2Cl)OC1c1cc(-c2ccccc2)nc2ccccc12. The second kappa shape index (κ2) is 7.85. The zero-order valence-corrected chi connectivity index (χ0v) is 17.5. The van der Waals surface area contributed by atoms with E-state index in [0.717, 1.165) is 27.7 Å². The number of benzene rings is 3. The van der Waals surface area contributed by atoms with E-state index in [1.54, 1.807) is 6.07 Å². The van der Waals surface area contributed by atoms with Crippen molar-refractivity contribution in [1.29, 1.82) is 0 Å². The van der Waals surface area contributed by atoms with Crippen molar-refractivity contribution in [3.8, 4) is 11.3 Å². The fourth-order valence-corrected chi connectivity index (χ4v) is 3.89. The van der Waals surface area contributed by atoms with Gasteiger partial charge in [-0.05, 0) is 24.3 Å². The molecule has 1 amide bonds. The highest BCUT2D eigenvalue weighted by Gasteiger charge is 2.35. The van der Waals surface area contributed by atoms with Crippen LogP contribution in [0.1, 0.15) is 24.3 Å². The summed E-state index contributed by atoms with van der Waals surface area (Å²) in [6, 6.07) is 27.0. The van der Waals surface area contributed by atoms with E-state index in [9.17, 15) is 4.79 Å². The number of carbonyl (C=O) groups excluding carboxylic acids is 1. The Morgan fingerprint density at radius 2 is 1.68 bits per heavy atom. The lowest BCUT2D eigenvalue weighted by Gasteiger charge is -2.21. The summed E-state index contributed by atoms with van der Waals surface area (Å²) in [4.78, 5) is 17.3. The van der Waals surface area contributed by atoms with Crippen LogP contribution in [0.3, 0.4) is 0 Å². The molecule has 0 bridgehead atoms. The molecule has 0 aliphatic carbocycles. The van der Waals surface area contributed by atoms with Crippen LogP contribution in [0.15, 0.2) is 90.0 Å². The number of hydrazone groups is 1. The van der Waals surface area contributed by atoms with Gasteiger partial charge in [-0.3, -0.25) is 4.79 Å². The van der Waals surface area contributed by atoms with Gasteiger partial charge < -0.3 is 4.74 Å². The normalized spacial score (nSPS) is 15.6. The Labute approximate surface area is 184 Å². The maximum Gasteiger partial charge on any atom is 0.243 e. The Hall–Kier alpha value is -3.70. The van der Waals surface area contributed by atoms with Crippen LogP contribution in [0.4, 0.5) is 0 Å². The number of rotatable bonds is 3. The first-order valence-electron chi connectivity index (χ1n) is 9.87. The van der Waals surface area contributed by atoms with E-state index in [0.29, 0.717) is 16.5 Å². The molecular weight excluding hydrogens is 410 g/mol. The van der Waals surface area contributed by atoms with E-state index in [1.165, 1.54) is 11.9 Å². The second-order valence-corrected chi connectivity index (χ2v) is 7.61. The zero-order chi connectivity index (χ0) is 21.4. The number of carbonyl (C=O) groups is 1. The van der Waals surface area contributed by atoms with Gasteiger partial charge in [0.15, 0.2) is 0 Å². The summed E-state index contributed by atoms with van der Waals surface area (Å²) in [5.74, 6) is 0.0853. The highest BCUT2D eigenvalue weighted by molar-refractivity contribution is 6.33. The Morgan fingerprint density at radius 3 is 2.45 bits per heavy atom. The van der Waals surface area contributed by atoms with Crippen LogP contribution in [-0.4, -0.2) is 21.8 Å². The predicted octanol–water partition coefficient (Wildman–Crippen LogP) is 5.79. The molecular formula is C25H18ClN3O2. The molecule has 0 radical (unpaired) electrons. The van der Waals surface area contributed by atoms with Crippen molar-refractivity contribution in [2.45, 2.75) is 13.2 Å². The quantitative estimate of drug-likeness (QED) is 0.415. The second-order valence-electron chi connectivity index (χ2n) is 7.20. The average molecular weight is 428 g/mol. The van der Waals surface area contributed by atoms with Crippen LogP contribution in [0.5, 0.6) is 0 Å². The molecule has 1 aromatic heterocycles. The summed E-state index contributed by atoms with van der Waals surface area (Å²) in [5, 5.41) is 7.22. The highest BCUT2D eigenvalue weighted by atomic mass is 35.5. The lowest BCUT2D eigenvalue weighted by atomic mass is 10.0. The third-order valence-corrected chi connectivity index (χ3v) is 5.48. The van der Waals surface area contributed by atoms with E-state index in [4.69, 9.17) is 21.3 Å². The maximum atomic E-state index is 12.5. The highest BCUT2D eigenvalue weighted by Crippen LogP contribution is 2.37. The minimum absolute atomic E-state index is 0.228. The number of halogens is 1. The van der Waals surface area contributed by atoms with Crippen molar-refractivity contribution < 1.29 is 9.53 Å². The van der Waals surface area contributed by atoms with Crippen LogP contribution < -0.4 is 0 Å². The molecule has 1 atom stereocenters. The number of pyridine rings is 1. The van der Waals surface area contributed by atoms with Crippen LogP contribution in [0.2, 0.25) is 5.02 Å². The molecule has 0 N–H and O–H groups in total. The molecule has 31 heavy (non-hydrogen) atoms. The number of nitrogens with zero attached hydrogens (tertiary/aromatic N) is 3. The average Bonchev–Trinajstić information content (AvgIpc) is 3.25. The van der Waals surface area contributed by atoms with Crippen molar-refractivity contribution in [3.63, 3.8) is 0 Å². The largest absolute Gasteiger partial charge is 0.446 e. The van der Waals surface area contributed by atoms with Crippen molar-refractivity contribution in [2.75, 3.05) is 0 Å². The monoisotopic (exact) mass is 427 g/mol. The van der Waals surface area contributed by atoms with Crippen molar-refractivity contribution in [3.05, 3.63) is 101 Å². The number of hydrogen-bond acceptors (Lipinski definition) is 4. The minimum atomic E-state index is -0.723. The first-order valence-corrected chi connectivity index (χ1v) is 10.2. The standard InChI is InChI=1S/C25H18ClN3O2/c1-16(30)29-25(31-24(28-29)19-12-5-7-13-21(19)26)20-15-23(17-9-3-2-4-10-17)27-22-14-8-6-11-18(20)22/h2-15,25H,1H3. The number of amides is 1. The van der Waals surface area contributed by atoms with Gasteiger partial charge in [0.1, 0.15) is 0 Å². The van der Waals surface area contributed by atoms with Gasteiger partial charge in [-0.1, -0.05) is 72.3 Å². The van der Waals surface area contributed by atoms with Gasteiger partial charge in [0.2, 0.25) is 18.0 Å². The first-order chi connectivity index (χ1) is 15.1. The van der Waals surface area contributed by atoms with Crippen LogP contribution in [-0.2, 0) is 9.53 Å². The molecule has 1 unspecified atom stereocenters. The third kappa shape index (κ3) is 3.53. The Bertz CT molecular complexity index is 1320. The molecule has 152 valence electrons. The summed E-state index contributed by atoms with van der Waals surface area (Å²) >= 11 is 6.35. The number of ether oxygens (including phenoxy) is 1. The molecule has 4 aromatic rings. The Balaban J connectivity index is 1.66. The number of para-hydroxylation sites is 1. The molecule has 5 rings (SSSR count). The van der Waals surface area contributed by atoms with Gasteiger partial charge in [-0.2, -0.15) is 5.01 Å². The molecule has 0 spiro atoms. The molecule has 0 saturated heterocycles. The molecule has 5 nitrogen and oxygen atoms in total. The van der Waals surface area contributed by atoms with Gasteiger partial charge in [0, 0.05) is 23.4 Å². The van der Waals surface area contributed by atoms with Crippen molar-refractivity contribution in [2.24, 2.45) is 5.10 Å². The van der Waals surface area contributed by atoms with E-state index in [-0.39, 0.29) is 5.91 Å². The van der Waals surface area contributed by atoms with Crippen molar-refractivity contribution in [1.82, 2.24) is 9.99 Å². The summed E-state index contributed by atoms with van der Waals surface area (Å²) < 4.78 is 6.23. The van der Waals surface area contributed by atoms with Gasteiger partial charge in [-0.15, -0.1) is 5.10 Å². The molecule has 3 aromatic carbocycles. The van der Waals surface area contributed by atoms with Crippen LogP contribution >= 0.6 is 11.6 Å². The number of fused-ring (bicyclic) bond motifs is 1. The molecule has 0 fully saturated rings. The fraction of sp³-hybridized carbons (Fsp3) is 0.0800. The van der Waals surface area contributed by atoms with E-state index in [1.807, 2.05) is 78.9 Å².